The van der Waals surface area contributed by atoms with Crippen LogP contribution in [0.4, 0.5) is 5.69 Å². The molecule has 1 amide bonds. The highest BCUT2D eigenvalue weighted by Crippen LogP contribution is 2.25. The molecular weight excluding hydrogens is 307 g/mol. The molecule has 0 aliphatic carbocycles. The van der Waals surface area contributed by atoms with Gasteiger partial charge in [0.2, 0.25) is 0 Å². The molecule has 110 valence electrons. The van der Waals surface area contributed by atoms with Crippen LogP contribution in [-0.2, 0) is 0 Å². The van der Waals surface area contributed by atoms with Crippen LogP contribution in [0.5, 0.6) is 0 Å². The second kappa shape index (κ2) is 6.94. The van der Waals surface area contributed by atoms with Gasteiger partial charge in [-0.2, -0.15) is 0 Å². The van der Waals surface area contributed by atoms with Gasteiger partial charge in [-0.1, -0.05) is 41.4 Å². The van der Waals surface area contributed by atoms with E-state index in [2.05, 4.69) is 10.6 Å². The molecule has 0 spiro atoms. The predicted octanol–water partition coefficient (Wildman–Crippen LogP) is 4.53. The predicted molar refractivity (Wildman–Crippen MR) is 88.3 cm³/mol. The summed E-state index contributed by atoms with van der Waals surface area (Å²) in [6.45, 7) is 2.03. The van der Waals surface area contributed by atoms with Crippen LogP contribution in [-0.4, -0.2) is 13.0 Å². The molecule has 0 saturated heterocycles. The number of para-hydroxylation sites is 1. The van der Waals surface area contributed by atoms with E-state index in [1.807, 2.05) is 38.2 Å². The van der Waals surface area contributed by atoms with Crippen LogP contribution in [0.3, 0.4) is 0 Å². The standard InChI is InChI=1S/C16H16Cl2N2O/c1-10(19-2)12-5-3-4-6-15(12)20-16(21)13-8-7-11(17)9-14(13)18/h3-10,19H,1-2H3,(H,20,21). The first kappa shape index (κ1) is 15.8. The van der Waals surface area contributed by atoms with Crippen molar-refractivity contribution < 1.29 is 4.79 Å². The lowest BCUT2D eigenvalue weighted by Crippen LogP contribution is -2.18. The average Bonchev–Trinajstić information content (AvgIpc) is 2.46. The van der Waals surface area contributed by atoms with E-state index >= 15 is 0 Å². The zero-order chi connectivity index (χ0) is 15.4. The minimum Gasteiger partial charge on any atom is -0.322 e. The highest BCUT2D eigenvalue weighted by atomic mass is 35.5. The Labute approximate surface area is 134 Å². The lowest BCUT2D eigenvalue weighted by molar-refractivity contribution is 0.102. The Hall–Kier alpha value is -1.55. The van der Waals surface area contributed by atoms with Crippen LogP contribution < -0.4 is 10.6 Å². The van der Waals surface area contributed by atoms with Crippen molar-refractivity contribution in [2.45, 2.75) is 13.0 Å². The van der Waals surface area contributed by atoms with E-state index < -0.39 is 0 Å². The number of benzene rings is 2. The van der Waals surface area contributed by atoms with E-state index in [0.717, 1.165) is 11.3 Å². The van der Waals surface area contributed by atoms with Crippen LogP contribution in [0.1, 0.15) is 28.9 Å². The Morgan fingerprint density at radius 1 is 1.14 bits per heavy atom. The summed E-state index contributed by atoms with van der Waals surface area (Å²) in [6, 6.07) is 12.6. The van der Waals surface area contributed by atoms with Gasteiger partial charge < -0.3 is 10.6 Å². The van der Waals surface area contributed by atoms with Gasteiger partial charge in [-0.15, -0.1) is 0 Å². The average molecular weight is 323 g/mol. The van der Waals surface area contributed by atoms with Crippen molar-refractivity contribution in [3.05, 3.63) is 63.6 Å². The maximum atomic E-state index is 12.4. The van der Waals surface area contributed by atoms with Crippen LogP contribution >= 0.6 is 23.2 Å². The number of hydrogen-bond donors (Lipinski definition) is 2. The van der Waals surface area contributed by atoms with Crippen molar-refractivity contribution in [1.82, 2.24) is 5.32 Å². The molecule has 2 N–H and O–H groups in total. The lowest BCUT2D eigenvalue weighted by Gasteiger charge is -2.16. The molecule has 0 saturated carbocycles. The maximum Gasteiger partial charge on any atom is 0.257 e. The van der Waals surface area contributed by atoms with Crippen molar-refractivity contribution >= 4 is 34.8 Å². The third-order valence-corrected chi connectivity index (χ3v) is 3.83. The fourth-order valence-electron chi connectivity index (χ4n) is 2.01. The fraction of sp³-hybridized carbons (Fsp3) is 0.188. The number of rotatable bonds is 4. The van der Waals surface area contributed by atoms with Crippen LogP contribution in [0.25, 0.3) is 0 Å². The summed E-state index contributed by atoms with van der Waals surface area (Å²) in [5.41, 5.74) is 2.17. The molecule has 0 fully saturated rings. The van der Waals surface area contributed by atoms with Gasteiger partial charge in [0.1, 0.15) is 0 Å². The SMILES string of the molecule is CNC(C)c1ccccc1NC(=O)c1ccc(Cl)cc1Cl. The van der Waals surface area contributed by atoms with Crippen molar-refractivity contribution in [2.24, 2.45) is 0 Å². The first-order valence-corrected chi connectivity index (χ1v) is 7.31. The van der Waals surface area contributed by atoms with Gasteiger partial charge in [-0.25, -0.2) is 0 Å². The van der Waals surface area contributed by atoms with Gasteiger partial charge in [-0.05, 0) is 43.8 Å². The molecule has 2 aromatic rings. The molecule has 0 aliphatic heterocycles. The summed E-state index contributed by atoms with van der Waals surface area (Å²) in [6.07, 6.45) is 0. The summed E-state index contributed by atoms with van der Waals surface area (Å²) >= 11 is 11.9. The molecule has 0 heterocycles. The normalized spacial score (nSPS) is 12.0. The van der Waals surface area contributed by atoms with E-state index in [0.29, 0.717) is 15.6 Å². The van der Waals surface area contributed by atoms with Crippen LogP contribution in [0, 0.1) is 0 Å². The van der Waals surface area contributed by atoms with Gasteiger partial charge in [0, 0.05) is 16.8 Å². The maximum absolute atomic E-state index is 12.4. The summed E-state index contributed by atoms with van der Waals surface area (Å²) in [7, 11) is 1.87. The molecule has 21 heavy (non-hydrogen) atoms. The number of carbonyl (C=O) groups is 1. The zero-order valence-electron chi connectivity index (χ0n) is 11.8. The van der Waals surface area contributed by atoms with Crippen molar-refractivity contribution in [1.29, 1.82) is 0 Å². The molecule has 2 rings (SSSR count). The van der Waals surface area contributed by atoms with Gasteiger partial charge in [0.15, 0.2) is 0 Å². The summed E-state index contributed by atoms with van der Waals surface area (Å²) in [4.78, 5) is 12.4. The highest BCUT2D eigenvalue weighted by Gasteiger charge is 2.14. The molecule has 2 aromatic carbocycles. The van der Waals surface area contributed by atoms with Gasteiger partial charge in [0.25, 0.3) is 5.91 Å². The number of hydrogen-bond acceptors (Lipinski definition) is 2. The molecule has 5 heteroatoms. The third-order valence-electron chi connectivity index (χ3n) is 3.28. The van der Waals surface area contributed by atoms with Gasteiger partial charge in [-0.3, -0.25) is 4.79 Å². The Morgan fingerprint density at radius 3 is 2.52 bits per heavy atom. The summed E-state index contributed by atoms with van der Waals surface area (Å²) < 4.78 is 0. The zero-order valence-corrected chi connectivity index (χ0v) is 13.3. The van der Waals surface area contributed by atoms with Crippen LogP contribution in [0.15, 0.2) is 42.5 Å². The van der Waals surface area contributed by atoms with E-state index in [4.69, 9.17) is 23.2 Å². The topological polar surface area (TPSA) is 41.1 Å². The molecule has 3 nitrogen and oxygen atoms in total. The van der Waals surface area contributed by atoms with Gasteiger partial charge >= 0.3 is 0 Å². The molecule has 1 unspecified atom stereocenters. The lowest BCUT2D eigenvalue weighted by atomic mass is 10.1. The molecule has 1 atom stereocenters. The van der Waals surface area contributed by atoms with Crippen molar-refractivity contribution in [2.75, 3.05) is 12.4 Å². The first-order valence-electron chi connectivity index (χ1n) is 6.55. The molecule has 0 bridgehead atoms. The number of carbonyl (C=O) groups excluding carboxylic acids is 1. The summed E-state index contributed by atoms with van der Waals surface area (Å²) in [5.74, 6) is -0.257. The monoisotopic (exact) mass is 322 g/mol. The minimum absolute atomic E-state index is 0.127. The van der Waals surface area contributed by atoms with E-state index in [1.165, 1.54) is 0 Å². The minimum atomic E-state index is -0.257. The van der Waals surface area contributed by atoms with E-state index in [1.54, 1.807) is 18.2 Å². The molecule has 0 aliphatic rings. The quantitative estimate of drug-likeness (QED) is 0.868. The Balaban J connectivity index is 2.28. The third kappa shape index (κ3) is 3.76. The number of amides is 1. The summed E-state index contributed by atoms with van der Waals surface area (Å²) in [5, 5.41) is 6.89. The number of anilines is 1. The van der Waals surface area contributed by atoms with Gasteiger partial charge in [0.05, 0.1) is 10.6 Å². The molecule has 0 radical (unpaired) electrons. The smallest absolute Gasteiger partial charge is 0.257 e. The fourth-order valence-corrected chi connectivity index (χ4v) is 2.50. The largest absolute Gasteiger partial charge is 0.322 e. The second-order valence-corrected chi connectivity index (χ2v) is 5.52. The number of halogens is 2. The first-order chi connectivity index (χ1) is 10.0. The molecule has 0 aromatic heterocycles. The highest BCUT2D eigenvalue weighted by molar-refractivity contribution is 6.37. The van der Waals surface area contributed by atoms with Crippen molar-refractivity contribution in [3.8, 4) is 0 Å². The van der Waals surface area contributed by atoms with Crippen LogP contribution in [0.2, 0.25) is 10.0 Å². The number of nitrogens with one attached hydrogen (secondary N) is 2. The Morgan fingerprint density at radius 2 is 1.86 bits per heavy atom. The Bertz CT molecular complexity index is 658. The molecular formula is C16H16Cl2N2O. The van der Waals surface area contributed by atoms with Crippen molar-refractivity contribution in [3.63, 3.8) is 0 Å². The Kier molecular flexibility index (Phi) is 5.23. The van der Waals surface area contributed by atoms with E-state index in [9.17, 15) is 4.79 Å². The second-order valence-electron chi connectivity index (χ2n) is 4.68. The van der Waals surface area contributed by atoms with E-state index in [-0.39, 0.29) is 11.9 Å².